The Hall–Kier alpha value is -1.19. The summed E-state index contributed by atoms with van der Waals surface area (Å²) in [6.07, 6.45) is 0. The van der Waals surface area contributed by atoms with Crippen molar-refractivity contribution in [2.24, 2.45) is 5.41 Å². The van der Waals surface area contributed by atoms with Crippen molar-refractivity contribution in [2.45, 2.75) is 85.9 Å². The third-order valence-electron chi connectivity index (χ3n) is 6.46. The third-order valence-corrected chi connectivity index (χ3v) is 6.46. The topological polar surface area (TPSA) is 26.8 Å². The van der Waals surface area contributed by atoms with Crippen LogP contribution in [0.4, 0.5) is 0 Å². The van der Waals surface area contributed by atoms with Crippen molar-refractivity contribution in [1.82, 2.24) is 14.7 Å². The summed E-state index contributed by atoms with van der Waals surface area (Å²) < 4.78 is 0. The van der Waals surface area contributed by atoms with Crippen LogP contribution in [0.25, 0.3) is 0 Å². The first-order chi connectivity index (χ1) is 10.5. The molecule has 140 valence electrons. The van der Waals surface area contributed by atoms with Crippen LogP contribution < -0.4 is 0 Å². The first-order valence-corrected chi connectivity index (χ1v) is 8.89. The summed E-state index contributed by atoms with van der Waals surface area (Å²) in [7, 11) is 6.15. The minimum Gasteiger partial charge on any atom is -0.364 e. The minimum absolute atomic E-state index is 0.202. The highest BCUT2D eigenvalue weighted by Gasteiger charge is 2.69. The van der Waals surface area contributed by atoms with Crippen LogP contribution >= 0.6 is 0 Å². The summed E-state index contributed by atoms with van der Waals surface area (Å²) in [4.78, 5) is 20.1. The normalized spacial score (nSPS) is 25.7. The molecule has 0 aromatic rings. The second-order valence-corrected chi connectivity index (χ2v) is 9.84. The highest BCUT2D eigenvalue weighted by Crippen LogP contribution is 2.56. The number of hydrogen-bond donors (Lipinski definition) is 0. The fourth-order valence-corrected chi connectivity index (χ4v) is 4.61. The molecule has 24 heavy (non-hydrogen) atoms. The van der Waals surface area contributed by atoms with E-state index >= 15 is 0 Å². The van der Waals surface area contributed by atoms with Gasteiger partial charge in [0.25, 0.3) is 0 Å². The lowest BCUT2D eigenvalue weighted by molar-refractivity contribution is -0.143. The molecule has 0 saturated carbocycles. The van der Waals surface area contributed by atoms with Crippen LogP contribution in [-0.4, -0.2) is 58.4 Å². The van der Waals surface area contributed by atoms with E-state index in [-0.39, 0.29) is 22.4 Å². The van der Waals surface area contributed by atoms with Gasteiger partial charge < -0.3 is 14.7 Å². The lowest BCUT2D eigenvalue weighted by Gasteiger charge is -2.51. The molecule has 1 heterocycles. The van der Waals surface area contributed by atoms with Crippen molar-refractivity contribution in [3.63, 3.8) is 0 Å². The maximum Gasteiger partial charge on any atom is 0.249 e. The van der Waals surface area contributed by atoms with Gasteiger partial charge in [-0.2, -0.15) is 0 Å². The fraction of sp³-hybridized carbons (Fsp3) is 0.850. The summed E-state index contributed by atoms with van der Waals surface area (Å²) in [5.74, 6) is 1.30. The molecule has 1 atom stereocenters. The molecule has 1 fully saturated rings. The second kappa shape index (κ2) is 5.67. The van der Waals surface area contributed by atoms with Crippen LogP contribution in [0.3, 0.4) is 0 Å². The number of amides is 1. The molecule has 0 spiro atoms. The van der Waals surface area contributed by atoms with Crippen molar-refractivity contribution < 1.29 is 4.79 Å². The molecule has 1 unspecified atom stereocenters. The largest absolute Gasteiger partial charge is 0.364 e. The lowest BCUT2D eigenvalue weighted by atomic mass is 9.65. The van der Waals surface area contributed by atoms with E-state index in [2.05, 4.69) is 91.0 Å². The Bertz CT molecular complexity index is 548. The Balaban J connectivity index is 3.68. The Morgan fingerprint density at radius 1 is 0.958 bits per heavy atom. The minimum atomic E-state index is -0.624. The summed E-state index contributed by atoms with van der Waals surface area (Å²) >= 11 is 0. The molecular formula is C20H39N3O. The first kappa shape index (κ1) is 20.9. The number of nitrogens with zero attached hydrogens (tertiary/aromatic N) is 3. The Morgan fingerprint density at radius 3 is 1.62 bits per heavy atom. The quantitative estimate of drug-likeness (QED) is 0.780. The molecule has 1 aliphatic rings. The van der Waals surface area contributed by atoms with Crippen LogP contribution in [0.2, 0.25) is 0 Å². The third kappa shape index (κ3) is 2.53. The molecule has 0 aliphatic carbocycles. The van der Waals surface area contributed by atoms with E-state index in [1.54, 1.807) is 0 Å². The average Bonchev–Trinajstić information content (AvgIpc) is 2.43. The van der Waals surface area contributed by atoms with Crippen LogP contribution in [0.5, 0.6) is 0 Å². The molecule has 0 aromatic carbocycles. The predicted molar refractivity (Wildman–Crippen MR) is 103 cm³/mol. The highest BCUT2D eigenvalue weighted by molar-refractivity contribution is 5.92. The summed E-state index contributed by atoms with van der Waals surface area (Å²) in [5, 5.41) is 0. The standard InChI is InChI=1S/C20H39N3O/c1-14(2)15(21(11)12)22(13)20(10)16(24)23(17(3,4)5)19(8,9)18(20,6)7/h1-13H3. The zero-order chi connectivity index (χ0) is 19.5. The summed E-state index contributed by atoms with van der Waals surface area (Å²) in [5.41, 5.74) is -0.139. The number of hydrogen-bond acceptors (Lipinski definition) is 3. The molecule has 1 rings (SSSR count). The zero-order valence-electron chi connectivity index (χ0n) is 18.2. The van der Waals surface area contributed by atoms with Gasteiger partial charge >= 0.3 is 0 Å². The first-order valence-electron chi connectivity index (χ1n) is 8.89. The van der Waals surface area contributed by atoms with Gasteiger partial charge in [0.15, 0.2) is 0 Å². The van der Waals surface area contributed by atoms with Crippen molar-refractivity contribution in [2.75, 3.05) is 21.1 Å². The number of likely N-dealkylation sites (tertiary alicyclic amines) is 1. The molecule has 4 heteroatoms. The fourth-order valence-electron chi connectivity index (χ4n) is 4.61. The number of carbonyl (C=O) groups is 1. The predicted octanol–water partition coefficient (Wildman–Crippen LogP) is 3.94. The van der Waals surface area contributed by atoms with Crippen molar-refractivity contribution >= 4 is 5.91 Å². The molecule has 1 amide bonds. The molecule has 4 nitrogen and oxygen atoms in total. The average molecular weight is 338 g/mol. The molecule has 0 bridgehead atoms. The van der Waals surface area contributed by atoms with Crippen molar-refractivity contribution in [3.8, 4) is 0 Å². The number of rotatable bonds is 3. The SMILES string of the molecule is CC(C)=C(N(C)C)N(C)C1(C)C(=O)N(C(C)(C)C)C(C)(C)C1(C)C. The van der Waals surface area contributed by atoms with Crippen molar-refractivity contribution in [3.05, 3.63) is 11.4 Å². The van der Waals surface area contributed by atoms with E-state index in [1.807, 2.05) is 14.1 Å². The lowest BCUT2D eigenvalue weighted by Crippen LogP contribution is -2.60. The van der Waals surface area contributed by atoms with E-state index in [9.17, 15) is 4.79 Å². The van der Waals surface area contributed by atoms with Gasteiger partial charge in [-0.25, -0.2) is 0 Å². The molecule has 0 radical (unpaired) electrons. The van der Waals surface area contributed by atoms with E-state index in [0.29, 0.717) is 0 Å². The zero-order valence-corrected chi connectivity index (χ0v) is 18.2. The number of likely N-dealkylation sites (N-methyl/N-ethyl adjacent to an activating group) is 1. The summed E-state index contributed by atoms with van der Waals surface area (Å²) in [6.45, 7) is 21.6. The molecule has 0 N–H and O–H groups in total. The van der Waals surface area contributed by atoms with Gasteiger partial charge in [0.2, 0.25) is 5.91 Å². The molecule has 1 saturated heterocycles. The molecule has 0 aromatic heterocycles. The highest BCUT2D eigenvalue weighted by atomic mass is 16.2. The van der Waals surface area contributed by atoms with Crippen LogP contribution in [-0.2, 0) is 4.79 Å². The van der Waals surface area contributed by atoms with E-state index in [0.717, 1.165) is 5.82 Å². The van der Waals surface area contributed by atoms with E-state index in [1.165, 1.54) is 5.57 Å². The summed E-state index contributed by atoms with van der Waals surface area (Å²) in [6, 6.07) is 0. The monoisotopic (exact) mass is 337 g/mol. The van der Waals surface area contributed by atoms with Gasteiger partial charge in [0.05, 0.1) is 0 Å². The maximum absolute atomic E-state index is 13.7. The molecular weight excluding hydrogens is 298 g/mol. The van der Waals surface area contributed by atoms with Gasteiger partial charge in [-0.05, 0) is 61.0 Å². The Labute approximate surface area is 149 Å². The Kier molecular flexibility index (Phi) is 4.93. The van der Waals surface area contributed by atoms with Crippen molar-refractivity contribution in [1.29, 1.82) is 0 Å². The van der Waals surface area contributed by atoms with Crippen LogP contribution in [0, 0.1) is 5.41 Å². The van der Waals surface area contributed by atoms with Gasteiger partial charge in [0.1, 0.15) is 11.4 Å². The van der Waals surface area contributed by atoms with Crippen LogP contribution in [0.15, 0.2) is 11.4 Å². The molecule has 1 aliphatic heterocycles. The van der Waals surface area contributed by atoms with Gasteiger partial charge in [-0.1, -0.05) is 13.8 Å². The Morgan fingerprint density at radius 2 is 1.38 bits per heavy atom. The van der Waals surface area contributed by atoms with Gasteiger partial charge in [-0.15, -0.1) is 0 Å². The van der Waals surface area contributed by atoms with Crippen LogP contribution in [0.1, 0.15) is 69.2 Å². The number of carbonyl (C=O) groups excluding carboxylic acids is 1. The van der Waals surface area contributed by atoms with E-state index in [4.69, 9.17) is 0 Å². The van der Waals surface area contributed by atoms with Gasteiger partial charge in [0, 0.05) is 37.6 Å². The van der Waals surface area contributed by atoms with Gasteiger partial charge in [-0.3, -0.25) is 4.79 Å². The maximum atomic E-state index is 13.7. The number of allylic oxidation sites excluding steroid dienone is 1. The van der Waals surface area contributed by atoms with E-state index < -0.39 is 5.54 Å². The second-order valence-electron chi connectivity index (χ2n) is 9.84. The smallest absolute Gasteiger partial charge is 0.249 e.